The highest BCUT2D eigenvalue weighted by Gasteiger charge is 2.33. The van der Waals surface area contributed by atoms with Gasteiger partial charge < -0.3 is 9.84 Å². The number of benzene rings is 1. The van der Waals surface area contributed by atoms with Crippen molar-refractivity contribution in [1.82, 2.24) is 10.1 Å². The molecule has 0 aliphatic heterocycles. The lowest BCUT2D eigenvalue weighted by molar-refractivity contribution is -0.138. The van der Waals surface area contributed by atoms with E-state index in [0.717, 1.165) is 12.5 Å². The fourth-order valence-corrected chi connectivity index (χ4v) is 2.45. The van der Waals surface area contributed by atoms with Crippen LogP contribution in [0.25, 0.3) is 0 Å². The van der Waals surface area contributed by atoms with E-state index in [9.17, 15) is 18.0 Å². The maximum absolute atomic E-state index is 12.8. The summed E-state index contributed by atoms with van der Waals surface area (Å²) in [7, 11) is 0. The summed E-state index contributed by atoms with van der Waals surface area (Å²) >= 11 is 2.85. The molecule has 9 heteroatoms. The van der Waals surface area contributed by atoms with Gasteiger partial charge in [0.25, 0.3) is 0 Å². The van der Waals surface area contributed by atoms with Gasteiger partial charge in [0.05, 0.1) is 5.56 Å². The van der Waals surface area contributed by atoms with Crippen molar-refractivity contribution in [3.63, 3.8) is 0 Å². The molecule has 24 heavy (non-hydrogen) atoms. The molecule has 5 nitrogen and oxygen atoms in total. The topological polar surface area (TPSA) is 68.0 Å². The Balaban J connectivity index is 1.94. The molecule has 0 fully saturated rings. The normalized spacial score (nSPS) is 11.5. The van der Waals surface area contributed by atoms with Gasteiger partial charge in [-0.1, -0.05) is 28.0 Å². The second-order valence-corrected chi connectivity index (χ2v) is 5.95. The Labute approximate surface area is 144 Å². The van der Waals surface area contributed by atoms with Crippen molar-refractivity contribution < 1.29 is 22.5 Å². The maximum atomic E-state index is 12.8. The molecule has 0 aliphatic carbocycles. The van der Waals surface area contributed by atoms with E-state index in [0.29, 0.717) is 18.1 Å². The zero-order valence-electron chi connectivity index (χ0n) is 12.8. The van der Waals surface area contributed by atoms with Gasteiger partial charge in [-0.15, -0.1) is 0 Å². The van der Waals surface area contributed by atoms with Gasteiger partial charge in [0.15, 0.2) is 5.82 Å². The summed E-state index contributed by atoms with van der Waals surface area (Å²) < 4.78 is 43.4. The second-order valence-electron chi connectivity index (χ2n) is 5.09. The number of rotatable bonds is 6. The number of nitrogens with one attached hydrogen (secondary N) is 1. The maximum Gasteiger partial charge on any atom is 0.417 e. The minimum absolute atomic E-state index is 0.0329. The van der Waals surface area contributed by atoms with Gasteiger partial charge in [0.1, 0.15) is 0 Å². The van der Waals surface area contributed by atoms with Crippen molar-refractivity contribution in [2.24, 2.45) is 0 Å². The molecule has 1 aromatic heterocycles. The van der Waals surface area contributed by atoms with Crippen LogP contribution in [0, 0.1) is 0 Å². The average Bonchev–Trinajstić information content (AvgIpc) is 2.94. The Kier molecular flexibility index (Phi) is 5.98. The number of anilines is 1. The number of alkyl halides is 3. The van der Waals surface area contributed by atoms with E-state index < -0.39 is 17.6 Å². The highest BCUT2D eigenvalue weighted by molar-refractivity contribution is 9.10. The third kappa shape index (κ3) is 5.05. The summed E-state index contributed by atoms with van der Waals surface area (Å²) in [6.45, 7) is 1.98. The first-order valence-electron chi connectivity index (χ1n) is 7.27. The minimum atomic E-state index is -4.50. The van der Waals surface area contributed by atoms with Crippen molar-refractivity contribution in [2.75, 3.05) is 5.32 Å². The van der Waals surface area contributed by atoms with Crippen LogP contribution >= 0.6 is 15.9 Å². The highest BCUT2D eigenvalue weighted by atomic mass is 79.9. The average molecular weight is 406 g/mol. The zero-order chi connectivity index (χ0) is 17.7. The molecule has 1 N–H and O–H groups in total. The van der Waals surface area contributed by atoms with Crippen LogP contribution in [0.3, 0.4) is 0 Å². The summed E-state index contributed by atoms with van der Waals surface area (Å²) in [5.74, 6) is 0.483. The summed E-state index contributed by atoms with van der Waals surface area (Å²) in [4.78, 5) is 16.0. The minimum Gasteiger partial charge on any atom is -0.339 e. The van der Waals surface area contributed by atoms with E-state index in [1.165, 1.54) is 12.1 Å². The van der Waals surface area contributed by atoms with Crippen molar-refractivity contribution in [3.8, 4) is 0 Å². The van der Waals surface area contributed by atoms with E-state index in [1.54, 1.807) is 0 Å². The van der Waals surface area contributed by atoms with Crippen molar-refractivity contribution in [1.29, 1.82) is 0 Å². The van der Waals surface area contributed by atoms with Crippen LogP contribution in [-0.2, 0) is 23.8 Å². The second kappa shape index (κ2) is 7.78. The molecule has 130 valence electrons. The zero-order valence-corrected chi connectivity index (χ0v) is 14.4. The molecule has 1 amide bonds. The van der Waals surface area contributed by atoms with Crippen molar-refractivity contribution in [2.45, 2.75) is 38.8 Å². The summed E-state index contributed by atoms with van der Waals surface area (Å²) in [6, 6.07) is 3.52. The van der Waals surface area contributed by atoms with E-state index in [1.807, 2.05) is 6.92 Å². The fraction of sp³-hybridized carbons (Fsp3) is 0.400. The molecule has 0 saturated carbocycles. The predicted molar refractivity (Wildman–Crippen MR) is 84.4 cm³/mol. The largest absolute Gasteiger partial charge is 0.417 e. The molecule has 1 aromatic carbocycles. The number of aromatic nitrogens is 2. The number of carbonyl (C=O) groups is 1. The monoisotopic (exact) mass is 405 g/mol. The number of hydrogen-bond donors (Lipinski definition) is 1. The van der Waals surface area contributed by atoms with Crippen molar-refractivity contribution in [3.05, 3.63) is 40.0 Å². The molecule has 2 aromatic rings. The number of carbonyl (C=O) groups excluding carboxylic acids is 1. The van der Waals surface area contributed by atoms with Crippen LogP contribution in [-0.4, -0.2) is 16.0 Å². The van der Waals surface area contributed by atoms with Crippen LogP contribution in [0.4, 0.5) is 18.9 Å². The van der Waals surface area contributed by atoms with Crippen molar-refractivity contribution >= 4 is 27.5 Å². The van der Waals surface area contributed by atoms with Crippen LogP contribution in [0.5, 0.6) is 0 Å². The molecular weight excluding hydrogens is 391 g/mol. The lowest BCUT2D eigenvalue weighted by Crippen LogP contribution is -2.14. The quantitative estimate of drug-likeness (QED) is 0.774. The predicted octanol–water partition coefficient (Wildman–Crippen LogP) is 4.37. The first-order valence-corrected chi connectivity index (χ1v) is 8.07. The smallest absolute Gasteiger partial charge is 0.339 e. The van der Waals surface area contributed by atoms with E-state index in [2.05, 4.69) is 31.4 Å². The number of nitrogens with zero attached hydrogens (tertiary/aromatic N) is 2. The standard InChI is InChI=1S/C15H15BrF3N3O2/c1-2-3-12-21-14(24-22-12)7-6-13(23)20-9-4-5-11(16)10(8-9)15(17,18)19/h4-5,8H,2-3,6-7H2,1H3,(H,20,23). The molecular formula is C15H15BrF3N3O2. The summed E-state index contributed by atoms with van der Waals surface area (Å²) in [5, 5.41) is 6.20. The Morgan fingerprint density at radius 3 is 2.75 bits per heavy atom. The fourth-order valence-electron chi connectivity index (χ4n) is 1.98. The van der Waals surface area contributed by atoms with Gasteiger partial charge in [-0.05, 0) is 24.6 Å². The Morgan fingerprint density at radius 1 is 1.33 bits per heavy atom. The highest BCUT2D eigenvalue weighted by Crippen LogP contribution is 2.36. The number of amides is 1. The van der Waals surface area contributed by atoms with Gasteiger partial charge in [-0.25, -0.2) is 0 Å². The third-order valence-electron chi connectivity index (χ3n) is 3.11. The molecule has 2 rings (SSSR count). The lowest BCUT2D eigenvalue weighted by Gasteiger charge is -2.11. The molecule has 0 unspecified atom stereocenters. The van der Waals surface area contributed by atoms with Gasteiger partial charge in [-0.3, -0.25) is 4.79 Å². The van der Waals surface area contributed by atoms with Crippen LogP contribution in [0.1, 0.15) is 37.0 Å². The van der Waals surface area contributed by atoms with Gasteiger partial charge in [0.2, 0.25) is 11.8 Å². The first-order chi connectivity index (χ1) is 11.3. The van der Waals surface area contributed by atoms with E-state index in [4.69, 9.17) is 4.52 Å². The Hall–Kier alpha value is -1.90. The van der Waals surface area contributed by atoms with Gasteiger partial charge in [-0.2, -0.15) is 18.2 Å². The number of aryl methyl sites for hydroxylation is 2. The molecule has 0 bridgehead atoms. The molecule has 0 saturated heterocycles. The van der Waals surface area contributed by atoms with Crippen LogP contribution in [0.2, 0.25) is 0 Å². The first kappa shape index (κ1) is 18.4. The van der Waals surface area contributed by atoms with Crippen LogP contribution in [0.15, 0.2) is 27.2 Å². The molecule has 0 aliphatic rings. The lowest BCUT2D eigenvalue weighted by atomic mass is 10.2. The molecule has 1 heterocycles. The summed E-state index contributed by atoms with van der Waals surface area (Å²) in [5.41, 5.74) is -0.769. The Morgan fingerprint density at radius 2 is 2.08 bits per heavy atom. The summed E-state index contributed by atoms with van der Waals surface area (Å²) in [6.07, 6.45) is -2.67. The van der Waals surface area contributed by atoms with E-state index >= 15 is 0 Å². The SMILES string of the molecule is CCCc1noc(CCC(=O)Nc2ccc(Br)c(C(F)(F)F)c2)n1. The molecule has 0 radical (unpaired) electrons. The van der Waals surface area contributed by atoms with E-state index in [-0.39, 0.29) is 23.0 Å². The van der Waals surface area contributed by atoms with Crippen LogP contribution < -0.4 is 5.32 Å². The molecule has 0 atom stereocenters. The number of halogens is 4. The van der Waals surface area contributed by atoms with Gasteiger partial charge >= 0.3 is 6.18 Å². The Bertz CT molecular complexity index is 716. The number of hydrogen-bond acceptors (Lipinski definition) is 4. The molecule has 0 spiro atoms. The van der Waals surface area contributed by atoms with Gasteiger partial charge in [0, 0.05) is 29.4 Å². The third-order valence-corrected chi connectivity index (χ3v) is 3.80.